The summed E-state index contributed by atoms with van der Waals surface area (Å²) in [5.41, 5.74) is 0. The van der Waals surface area contributed by atoms with Gasteiger partial charge in [-0.15, -0.1) is 0 Å². The summed E-state index contributed by atoms with van der Waals surface area (Å²) in [7, 11) is 0. The Morgan fingerprint density at radius 1 is 0.571 bits per heavy atom. The Kier molecular flexibility index (Phi) is 5.61. The Bertz CT molecular complexity index is 344. The Hall–Kier alpha value is -0.520. The van der Waals surface area contributed by atoms with Gasteiger partial charge in [0.05, 0.1) is 0 Å². The van der Waals surface area contributed by atoms with Crippen molar-refractivity contribution in [2.24, 2.45) is 29.6 Å². The van der Waals surface area contributed by atoms with Crippen LogP contribution in [0.3, 0.4) is 0 Å². The molecule has 0 aromatic heterocycles. The van der Waals surface area contributed by atoms with Crippen molar-refractivity contribution < 1.29 is 0 Å². The number of hydrogen-bond acceptors (Lipinski definition) is 0. The summed E-state index contributed by atoms with van der Waals surface area (Å²) >= 11 is 0. The first-order valence-corrected chi connectivity index (χ1v) is 9.70. The summed E-state index contributed by atoms with van der Waals surface area (Å²) in [5, 5.41) is 0. The second kappa shape index (κ2) is 7.65. The van der Waals surface area contributed by atoms with Gasteiger partial charge in [-0.1, -0.05) is 31.2 Å². The van der Waals surface area contributed by atoms with Gasteiger partial charge in [0.15, 0.2) is 0 Å². The Morgan fingerprint density at radius 2 is 0.952 bits per heavy atom. The first kappa shape index (κ1) is 15.4. The Morgan fingerprint density at radius 3 is 1.38 bits per heavy atom. The molecule has 3 saturated carbocycles. The first-order chi connectivity index (χ1) is 10.3. The Balaban J connectivity index is 1.36. The van der Waals surface area contributed by atoms with Crippen LogP contribution in [0.5, 0.6) is 0 Å². The lowest BCUT2D eigenvalue weighted by Gasteiger charge is -2.28. The van der Waals surface area contributed by atoms with Crippen molar-refractivity contribution >= 4 is 0 Å². The predicted octanol–water partition coefficient (Wildman–Crippen LogP) is 6.53. The molecule has 0 heterocycles. The van der Waals surface area contributed by atoms with Crippen molar-refractivity contribution in [3.8, 4) is 0 Å². The summed E-state index contributed by atoms with van der Waals surface area (Å²) in [6.45, 7) is 2.24. The van der Waals surface area contributed by atoms with Crippen LogP contribution in [-0.2, 0) is 0 Å². The molecular formula is C21H34. The average molecular weight is 287 g/mol. The van der Waals surface area contributed by atoms with Gasteiger partial charge in [-0.25, -0.2) is 0 Å². The summed E-state index contributed by atoms with van der Waals surface area (Å²) in [6, 6.07) is 0. The summed E-state index contributed by atoms with van der Waals surface area (Å²) in [5.74, 6) is 4.93. The van der Waals surface area contributed by atoms with Crippen LogP contribution in [-0.4, -0.2) is 0 Å². The minimum Gasteiger partial charge on any atom is -0.0885 e. The largest absolute Gasteiger partial charge is 0.0885 e. The molecule has 3 aliphatic carbocycles. The average Bonchev–Trinajstić information content (AvgIpc) is 3.37. The fourth-order valence-electron chi connectivity index (χ4n) is 4.55. The summed E-state index contributed by atoms with van der Waals surface area (Å²) < 4.78 is 0. The third kappa shape index (κ3) is 4.73. The second-order valence-electron chi connectivity index (χ2n) is 7.91. The zero-order chi connectivity index (χ0) is 14.5. The summed E-state index contributed by atoms with van der Waals surface area (Å²) in [6.07, 6.45) is 26.0. The molecule has 0 amide bonds. The lowest BCUT2D eigenvalue weighted by Crippen LogP contribution is -2.15. The zero-order valence-electron chi connectivity index (χ0n) is 14.0. The maximum Gasteiger partial charge on any atom is -0.0233 e. The van der Waals surface area contributed by atoms with Crippen LogP contribution in [0.25, 0.3) is 0 Å². The SMILES string of the molecule is CC/C=C/C1CCC(/C=C/C2CCC(C3CC3)CC2)CC1. The van der Waals surface area contributed by atoms with Crippen molar-refractivity contribution in [2.45, 2.75) is 77.6 Å². The highest BCUT2D eigenvalue weighted by Gasteiger charge is 2.33. The minimum absolute atomic E-state index is 0.878. The molecule has 0 heteroatoms. The molecule has 0 saturated heterocycles. The van der Waals surface area contributed by atoms with Gasteiger partial charge < -0.3 is 0 Å². The highest BCUT2D eigenvalue weighted by atomic mass is 14.4. The second-order valence-corrected chi connectivity index (χ2v) is 7.91. The van der Waals surface area contributed by atoms with Crippen LogP contribution in [0.4, 0.5) is 0 Å². The molecule has 0 aromatic carbocycles. The molecule has 0 spiro atoms. The van der Waals surface area contributed by atoms with E-state index in [4.69, 9.17) is 0 Å². The topological polar surface area (TPSA) is 0 Å². The maximum atomic E-state index is 2.61. The van der Waals surface area contributed by atoms with Crippen molar-refractivity contribution in [2.75, 3.05) is 0 Å². The van der Waals surface area contributed by atoms with Gasteiger partial charge in [0.2, 0.25) is 0 Å². The molecule has 118 valence electrons. The van der Waals surface area contributed by atoms with Gasteiger partial charge >= 0.3 is 0 Å². The molecular weight excluding hydrogens is 252 g/mol. The fourth-order valence-corrected chi connectivity index (χ4v) is 4.55. The van der Waals surface area contributed by atoms with Gasteiger partial charge in [0.1, 0.15) is 0 Å². The van der Waals surface area contributed by atoms with E-state index >= 15 is 0 Å². The van der Waals surface area contributed by atoms with Crippen LogP contribution in [0.2, 0.25) is 0 Å². The molecule has 0 aromatic rings. The molecule has 3 rings (SSSR count). The van der Waals surface area contributed by atoms with Crippen LogP contribution in [0.1, 0.15) is 77.6 Å². The highest BCUT2D eigenvalue weighted by Crippen LogP contribution is 2.45. The molecule has 21 heavy (non-hydrogen) atoms. The van der Waals surface area contributed by atoms with Gasteiger partial charge in [-0.05, 0) is 100 Å². The zero-order valence-corrected chi connectivity index (χ0v) is 14.0. The van der Waals surface area contributed by atoms with E-state index in [1.807, 2.05) is 0 Å². The molecule has 0 radical (unpaired) electrons. The standard InChI is InChI=1S/C21H34/c1-2-3-4-17-5-7-18(8-6-17)9-10-19-11-13-20(14-12-19)21-15-16-21/h3-4,9-10,17-21H,2,5-8,11-16H2,1H3/b4-3+,10-9+. The van der Waals surface area contributed by atoms with Crippen molar-refractivity contribution in [1.82, 2.24) is 0 Å². The van der Waals surface area contributed by atoms with E-state index in [2.05, 4.69) is 31.2 Å². The number of allylic oxidation sites excluding steroid dienone is 4. The first-order valence-electron chi connectivity index (χ1n) is 9.70. The Labute approximate surface area is 132 Å². The molecule has 0 atom stereocenters. The third-order valence-electron chi connectivity index (χ3n) is 6.22. The predicted molar refractivity (Wildman–Crippen MR) is 92.2 cm³/mol. The van der Waals surface area contributed by atoms with Crippen molar-refractivity contribution in [3.05, 3.63) is 24.3 Å². The third-order valence-corrected chi connectivity index (χ3v) is 6.22. The minimum atomic E-state index is 0.878. The van der Waals surface area contributed by atoms with Gasteiger partial charge in [0.25, 0.3) is 0 Å². The molecule has 0 unspecified atom stereocenters. The summed E-state index contributed by atoms with van der Waals surface area (Å²) in [4.78, 5) is 0. The maximum absolute atomic E-state index is 2.61. The fraction of sp³-hybridized carbons (Fsp3) is 0.810. The molecule has 0 nitrogen and oxygen atoms in total. The smallest absolute Gasteiger partial charge is 0.0233 e. The van der Waals surface area contributed by atoms with Crippen molar-refractivity contribution in [1.29, 1.82) is 0 Å². The van der Waals surface area contributed by atoms with Gasteiger partial charge in [0, 0.05) is 0 Å². The van der Waals surface area contributed by atoms with Crippen LogP contribution < -0.4 is 0 Å². The van der Waals surface area contributed by atoms with E-state index in [0.717, 1.165) is 29.6 Å². The lowest BCUT2D eigenvalue weighted by atomic mass is 9.78. The quantitative estimate of drug-likeness (QED) is 0.504. The van der Waals surface area contributed by atoms with E-state index < -0.39 is 0 Å². The van der Waals surface area contributed by atoms with E-state index in [1.54, 1.807) is 12.8 Å². The van der Waals surface area contributed by atoms with E-state index in [0.29, 0.717) is 0 Å². The van der Waals surface area contributed by atoms with E-state index in [-0.39, 0.29) is 0 Å². The van der Waals surface area contributed by atoms with Crippen LogP contribution in [0.15, 0.2) is 24.3 Å². The highest BCUT2D eigenvalue weighted by molar-refractivity contribution is 4.99. The normalized spacial score (nSPS) is 38.3. The molecule has 0 N–H and O–H groups in total. The van der Waals surface area contributed by atoms with E-state index in [9.17, 15) is 0 Å². The molecule has 0 aliphatic heterocycles. The molecule has 3 fully saturated rings. The molecule has 0 bridgehead atoms. The number of rotatable bonds is 5. The number of hydrogen-bond donors (Lipinski definition) is 0. The van der Waals surface area contributed by atoms with E-state index in [1.165, 1.54) is 57.8 Å². The lowest BCUT2D eigenvalue weighted by molar-refractivity contribution is 0.280. The van der Waals surface area contributed by atoms with Crippen LogP contribution in [0, 0.1) is 29.6 Å². The van der Waals surface area contributed by atoms with Crippen LogP contribution >= 0.6 is 0 Å². The monoisotopic (exact) mass is 286 g/mol. The van der Waals surface area contributed by atoms with Gasteiger partial charge in [-0.2, -0.15) is 0 Å². The molecule has 3 aliphatic rings. The van der Waals surface area contributed by atoms with Gasteiger partial charge in [-0.3, -0.25) is 0 Å². The van der Waals surface area contributed by atoms with Crippen molar-refractivity contribution in [3.63, 3.8) is 0 Å².